The lowest BCUT2D eigenvalue weighted by atomic mass is 10.0. The summed E-state index contributed by atoms with van der Waals surface area (Å²) in [6, 6.07) is 12.6. The molecule has 39 heavy (non-hydrogen) atoms. The summed E-state index contributed by atoms with van der Waals surface area (Å²) < 4.78 is 21.5. The van der Waals surface area contributed by atoms with Crippen molar-refractivity contribution < 1.29 is 13.9 Å². The maximum Gasteiger partial charge on any atom is 0.247 e. The van der Waals surface area contributed by atoms with Gasteiger partial charge >= 0.3 is 0 Å². The quantitative estimate of drug-likeness (QED) is 0.312. The van der Waals surface area contributed by atoms with Gasteiger partial charge in [0.05, 0.1) is 29.7 Å². The lowest BCUT2D eigenvalue weighted by molar-refractivity contribution is -0.111. The van der Waals surface area contributed by atoms with Crippen LogP contribution in [0.3, 0.4) is 0 Å². The van der Waals surface area contributed by atoms with Crippen molar-refractivity contribution in [3.8, 4) is 11.6 Å². The molecule has 0 radical (unpaired) electrons. The maximum atomic E-state index is 13.9. The third-order valence-electron chi connectivity index (χ3n) is 7.09. The summed E-state index contributed by atoms with van der Waals surface area (Å²) in [5.74, 6) is 0.858. The van der Waals surface area contributed by atoms with Crippen LogP contribution in [0, 0.1) is 5.82 Å². The van der Waals surface area contributed by atoms with Gasteiger partial charge in [0.1, 0.15) is 17.4 Å². The van der Waals surface area contributed by atoms with Crippen molar-refractivity contribution in [1.29, 1.82) is 0 Å². The van der Waals surface area contributed by atoms with Crippen LogP contribution >= 0.6 is 0 Å². The number of piperidine rings is 1. The van der Waals surface area contributed by atoms with Gasteiger partial charge in [0, 0.05) is 43.0 Å². The summed E-state index contributed by atoms with van der Waals surface area (Å²) in [5.41, 5.74) is 2.80. The number of carbonyl (C=O) groups is 1. The first-order valence-electron chi connectivity index (χ1n) is 12.8. The number of amides is 1. The Hall–Kier alpha value is -4.44. The number of aromatic nitrogens is 3. The van der Waals surface area contributed by atoms with E-state index in [1.807, 2.05) is 24.4 Å². The minimum Gasteiger partial charge on any atom is -0.494 e. The Morgan fingerprint density at radius 1 is 1.15 bits per heavy atom. The Labute approximate surface area is 226 Å². The second-order valence-electron chi connectivity index (χ2n) is 9.70. The first-order chi connectivity index (χ1) is 18.9. The fourth-order valence-electron chi connectivity index (χ4n) is 4.97. The number of ether oxygens (including phenoxy) is 1. The third kappa shape index (κ3) is 5.56. The molecule has 1 aliphatic rings. The average Bonchev–Trinajstić information content (AvgIpc) is 3.36. The molecule has 1 fully saturated rings. The number of hydrogen-bond acceptors (Lipinski definition) is 7. The summed E-state index contributed by atoms with van der Waals surface area (Å²) in [6.07, 6.45) is 6.75. The highest BCUT2D eigenvalue weighted by molar-refractivity contribution is 6.02. The lowest BCUT2D eigenvalue weighted by Crippen LogP contribution is -2.42. The van der Waals surface area contributed by atoms with Gasteiger partial charge in [0.15, 0.2) is 0 Å². The molecule has 1 aliphatic heterocycles. The Kier molecular flexibility index (Phi) is 7.47. The second-order valence-corrected chi connectivity index (χ2v) is 9.70. The van der Waals surface area contributed by atoms with Gasteiger partial charge in [-0.1, -0.05) is 6.58 Å². The van der Waals surface area contributed by atoms with Gasteiger partial charge in [-0.2, -0.15) is 4.98 Å². The van der Waals surface area contributed by atoms with Gasteiger partial charge in [0.2, 0.25) is 11.9 Å². The molecular weight excluding hydrogens is 497 g/mol. The summed E-state index contributed by atoms with van der Waals surface area (Å²) in [6.45, 7) is 5.30. The van der Waals surface area contributed by atoms with Crippen LogP contribution in [0.25, 0.3) is 16.7 Å². The predicted octanol–water partition coefficient (Wildman–Crippen LogP) is 4.97. The number of fused-ring (bicyclic) bond motifs is 1. The monoisotopic (exact) mass is 529 g/mol. The topological polar surface area (TPSA) is 87.5 Å². The molecule has 4 aromatic rings. The third-order valence-corrected chi connectivity index (χ3v) is 7.09. The van der Waals surface area contributed by atoms with Gasteiger partial charge in [-0.05, 0) is 69.4 Å². The Bertz CT molecular complexity index is 1510. The van der Waals surface area contributed by atoms with Crippen LogP contribution in [-0.4, -0.2) is 65.7 Å². The van der Waals surface area contributed by atoms with Crippen LogP contribution in [0.15, 0.2) is 67.5 Å². The molecule has 0 aliphatic carbocycles. The molecule has 2 N–H and O–H groups in total. The highest BCUT2D eigenvalue weighted by Gasteiger charge is 2.24. The summed E-state index contributed by atoms with van der Waals surface area (Å²) in [4.78, 5) is 25.9. The van der Waals surface area contributed by atoms with Crippen molar-refractivity contribution >= 4 is 39.8 Å². The van der Waals surface area contributed by atoms with E-state index in [0.717, 1.165) is 37.0 Å². The van der Waals surface area contributed by atoms with Crippen molar-refractivity contribution in [1.82, 2.24) is 19.4 Å². The minimum atomic E-state index is -0.320. The second kappa shape index (κ2) is 11.1. The number of anilines is 4. The lowest BCUT2D eigenvalue weighted by Gasteiger charge is -2.37. The van der Waals surface area contributed by atoms with Crippen molar-refractivity contribution in [2.45, 2.75) is 18.9 Å². The van der Waals surface area contributed by atoms with Crippen LogP contribution in [0.4, 0.5) is 27.4 Å². The Morgan fingerprint density at radius 3 is 2.67 bits per heavy atom. The number of rotatable bonds is 8. The zero-order valence-corrected chi connectivity index (χ0v) is 22.3. The molecular formula is C29H32FN7O2. The van der Waals surface area contributed by atoms with E-state index in [1.54, 1.807) is 30.0 Å². The molecule has 0 atom stereocenters. The zero-order valence-electron chi connectivity index (χ0n) is 22.3. The maximum absolute atomic E-state index is 13.9. The average molecular weight is 530 g/mol. The van der Waals surface area contributed by atoms with E-state index in [0.29, 0.717) is 40.4 Å². The Morgan fingerprint density at radius 2 is 1.95 bits per heavy atom. The molecule has 0 unspecified atom stereocenters. The standard InChI is InChI=1S/C29H32FN7O2/c1-5-28(38)32-22-17-23(26(39-4)18-25(22)36-13-10-21(11-14-36)35(2)3)33-29-31-12-8-27(34-29)37-15-9-19-6-7-20(30)16-24(19)37/h5-9,12,15-18,21H,1,10-11,13-14H2,2-4H3,(H,32,38)(H,31,33,34). The highest BCUT2D eigenvalue weighted by Crippen LogP contribution is 2.39. The van der Waals surface area contributed by atoms with Gasteiger partial charge in [-0.15, -0.1) is 0 Å². The summed E-state index contributed by atoms with van der Waals surface area (Å²) in [7, 11) is 5.81. The largest absolute Gasteiger partial charge is 0.494 e. The zero-order chi connectivity index (χ0) is 27.5. The number of nitrogens with zero attached hydrogens (tertiary/aromatic N) is 5. The number of nitrogens with one attached hydrogen (secondary N) is 2. The van der Waals surface area contributed by atoms with E-state index in [4.69, 9.17) is 4.74 Å². The minimum absolute atomic E-state index is 0.305. The molecule has 5 rings (SSSR count). The van der Waals surface area contributed by atoms with Crippen LogP contribution in [0.5, 0.6) is 5.75 Å². The fourth-order valence-corrected chi connectivity index (χ4v) is 4.97. The molecule has 2 aromatic carbocycles. The normalized spacial score (nSPS) is 14.0. The van der Waals surface area contributed by atoms with E-state index in [1.165, 1.54) is 18.2 Å². The highest BCUT2D eigenvalue weighted by atomic mass is 19.1. The van der Waals surface area contributed by atoms with Gasteiger partial charge in [0.25, 0.3) is 0 Å². The SMILES string of the molecule is C=CC(=O)Nc1cc(Nc2nccc(-n3ccc4ccc(F)cc43)n2)c(OC)cc1N1CCC(N(C)C)CC1. The van der Waals surface area contributed by atoms with E-state index in [2.05, 4.69) is 51.1 Å². The summed E-state index contributed by atoms with van der Waals surface area (Å²) in [5, 5.41) is 7.08. The molecule has 3 heterocycles. The van der Waals surface area contributed by atoms with E-state index < -0.39 is 0 Å². The fraction of sp³-hybridized carbons (Fsp3) is 0.276. The smallest absolute Gasteiger partial charge is 0.247 e. The van der Waals surface area contributed by atoms with Crippen LogP contribution in [0.1, 0.15) is 12.8 Å². The molecule has 9 nitrogen and oxygen atoms in total. The van der Waals surface area contributed by atoms with E-state index in [9.17, 15) is 9.18 Å². The number of carbonyl (C=O) groups excluding carboxylic acids is 1. The molecule has 10 heteroatoms. The number of benzene rings is 2. The van der Waals surface area contributed by atoms with Crippen LogP contribution in [0.2, 0.25) is 0 Å². The van der Waals surface area contributed by atoms with Crippen molar-refractivity contribution in [2.24, 2.45) is 0 Å². The molecule has 1 amide bonds. The van der Waals surface area contributed by atoms with E-state index >= 15 is 0 Å². The predicted molar refractivity (Wildman–Crippen MR) is 153 cm³/mol. The first kappa shape index (κ1) is 26.2. The molecule has 0 bridgehead atoms. The molecule has 202 valence electrons. The molecule has 1 saturated heterocycles. The van der Waals surface area contributed by atoms with Crippen LogP contribution < -0.4 is 20.3 Å². The Balaban J connectivity index is 1.48. The summed E-state index contributed by atoms with van der Waals surface area (Å²) >= 11 is 0. The van der Waals surface area contributed by atoms with E-state index in [-0.39, 0.29) is 11.7 Å². The van der Waals surface area contributed by atoms with Crippen molar-refractivity contribution in [3.63, 3.8) is 0 Å². The van der Waals surface area contributed by atoms with Crippen molar-refractivity contribution in [3.05, 3.63) is 73.3 Å². The molecule has 0 spiro atoms. The van der Waals surface area contributed by atoms with Gasteiger partial charge in [-0.25, -0.2) is 9.37 Å². The van der Waals surface area contributed by atoms with Gasteiger partial charge in [-0.3, -0.25) is 4.79 Å². The number of methoxy groups -OCH3 is 1. The molecule has 2 aromatic heterocycles. The van der Waals surface area contributed by atoms with Crippen molar-refractivity contribution in [2.75, 3.05) is 49.8 Å². The van der Waals surface area contributed by atoms with Gasteiger partial charge < -0.3 is 29.7 Å². The molecule has 0 saturated carbocycles. The number of hydrogen-bond donors (Lipinski definition) is 2. The first-order valence-corrected chi connectivity index (χ1v) is 12.8. The number of halogens is 1. The van der Waals surface area contributed by atoms with Crippen LogP contribution in [-0.2, 0) is 4.79 Å².